The molecule has 1 aromatic carbocycles. The second-order valence-corrected chi connectivity index (χ2v) is 7.29. The normalized spacial score (nSPS) is 15.1. The first-order chi connectivity index (χ1) is 13.4. The largest absolute Gasteiger partial charge is 0.462 e. The molecule has 3 rings (SSSR count). The van der Waals surface area contributed by atoms with E-state index >= 15 is 0 Å². The van der Waals surface area contributed by atoms with Gasteiger partial charge >= 0.3 is 5.97 Å². The molecule has 0 radical (unpaired) electrons. The predicted molar refractivity (Wildman–Crippen MR) is 107 cm³/mol. The summed E-state index contributed by atoms with van der Waals surface area (Å²) in [6.45, 7) is 5.17. The van der Waals surface area contributed by atoms with Gasteiger partial charge in [0, 0.05) is 13.1 Å². The average Bonchev–Trinajstić information content (AvgIpc) is 3.02. The van der Waals surface area contributed by atoms with Crippen LogP contribution in [-0.2, 0) is 14.3 Å². The Labute approximate surface area is 167 Å². The topological polar surface area (TPSA) is 88.6 Å². The Morgan fingerprint density at radius 3 is 2.75 bits per heavy atom. The van der Waals surface area contributed by atoms with E-state index in [9.17, 15) is 14.4 Å². The maximum Gasteiger partial charge on any atom is 0.350 e. The van der Waals surface area contributed by atoms with E-state index in [0.717, 1.165) is 22.5 Å². The van der Waals surface area contributed by atoms with Gasteiger partial charge in [-0.2, -0.15) is 0 Å². The molecule has 0 unspecified atom stereocenters. The molecule has 1 atom stereocenters. The fourth-order valence-electron chi connectivity index (χ4n) is 3.10. The Hall–Kier alpha value is -3.00. The molecule has 0 spiro atoms. The first-order valence-electron chi connectivity index (χ1n) is 8.91. The molecule has 0 saturated heterocycles. The van der Waals surface area contributed by atoms with Crippen molar-refractivity contribution in [2.45, 2.75) is 33.2 Å². The molecule has 1 aliphatic rings. The second-order valence-electron chi connectivity index (χ2n) is 6.29. The number of nitrogens with zero attached hydrogens (tertiary/aromatic N) is 2. The summed E-state index contributed by atoms with van der Waals surface area (Å²) in [5.74, 6) is -0.879. The van der Waals surface area contributed by atoms with Gasteiger partial charge in [0.1, 0.15) is 4.88 Å². The number of thiazole rings is 1. The summed E-state index contributed by atoms with van der Waals surface area (Å²) in [6, 6.07) is 7.27. The number of rotatable bonds is 5. The van der Waals surface area contributed by atoms with E-state index in [2.05, 4.69) is 10.3 Å². The lowest BCUT2D eigenvalue weighted by molar-refractivity contribution is -0.129. The number of amides is 2. The lowest BCUT2D eigenvalue weighted by Crippen LogP contribution is -2.33. The number of esters is 1. The zero-order chi connectivity index (χ0) is 20.3. The number of nitrogens with one attached hydrogen (secondary N) is 1. The van der Waals surface area contributed by atoms with Crippen LogP contribution in [-0.4, -0.2) is 34.3 Å². The highest BCUT2D eigenvalue weighted by atomic mass is 32.1. The first kappa shape index (κ1) is 19.8. The summed E-state index contributed by atoms with van der Waals surface area (Å²) >= 11 is 1.08. The van der Waals surface area contributed by atoms with E-state index in [-0.39, 0.29) is 24.8 Å². The number of ether oxygens (including phenoxy) is 1. The minimum absolute atomic E-state index is 0.0777. The van der Waals surface area contributed by atoms with Crippen molar-refractivity contribution in [2.75, 3.05) is 11.9 Å². The summed E-state index contributed by atoms with van der Waals surface area (Å²) in [6.07, 6.45) is 3.64. The standard InChI is InChI=1S/C20H21N3O4S/c1-4-27-19(26)18-12(2)21-20(28-18)22-17(25)11-16-15-8-6-5-7-14(15)9-10-23(16)13(3)24/h5-10,16H,4,11H2,1-3H3,(H,21,22,25)/t16-/m0/s1. The molecule has 0 saturated carbocycles. The third kappa shape index (κ3) is 4.12. The number of aryl methyl sites for hydroxylation is 1. The summed E-state index contributed by atoms with van der Waals surface area (Å²) in [5.41, 5.74) is 2.40. The fourth-order valence-corrected chi connectivity index (χ4v) is 3.97. The van der Waals surface area contributed by atoms with Crippen LogP contribution < -0.4 is 5.32 Å². The highest BCUT2D eigenvalue weighted by molar-refractivity contribution is 7.17. The number of benzene rings is 1. The summed E-state index contributed by atoms with van der Waals surface area (Å²) in [4.78, 5) is 42.8. The van der Waals surface area contributed by atoms with Crippen LogP contribution in [0.5, 0.6) is 0 Å². The maximum absolute atomic E-state index is 12.7. The number of fused-ring (bicyclic) bond motifs is 1. The van der Waals surface area contributed by atoms with Gasteiger partial charge < -0.3 is 15.0 Å². The molecule has 1 aliphatic heterocycles. The van der Waals surface area contributed by atoms with Gasteiger partial charge in [0.25, 0.3) is 0 Å². The van der Waals surface area contributed by atoms with Gasteiger partial charge in [-0.25, -0.2) is 9.78 Å². The Bertz CT molecular complexity index is 951. The molecule has 2 amide bonds. The maximum atomic E-state index is 12.7. The van der Waals surface area contributed by atoms with Gasteiger partial charge in [-0.3, -0.25) is 9.59 Å². The summed E-state index contributed by atoms with van der Waals surface area (Å²) < 4.78 is 5.00. The molecule has 2 heterocycles. The van der Waals surface area contributed by atoms with Crippen LogP contribution in [0.4, 0.5) is 5.13 Å². The quantitative estimate of drug-likeness (QED) is 0.777. The van der Waals surface area contributed by atoms with Crippen LogP contribution in [0.3, 0.4) is 0 Å². The summed E-state index contributed by atoms with van der Waals surface area (Å²) in [5, 5.41) is 3.07. The van der Waals surface area contributed by atoms with Crippen molar-refractivity contribution in [1.29, 1.82) is 0 Å². The van der Waals surface area contributed by atoms with Crippen molar-refractivity contribution in [3.63, 3.8) is 0 Å². The zero-order valence-electron chi connectivity index (χ0n) is 15.9. The number of hydrogen-bond acceptors (Lipinski definition) is 6. The molecule has 2 aromatic rings. The molecule has 1 N–H and O–H groups in total. The van der Waals surface area contributed by atoms with Gasteiger partial charge in [0.2, 0.25) is 11.8 Å². The van der Waals surface area contributed by atoms with E-state index < -0.39 is 12.0 Å². The number of anilines is 1. The molecule has 28 heavy (non-hydrogen) atoms. The number of hydrogen-bond donors (Lipinski definition) is 1. The highest BCUT2D eigenvalue weighted by Crippen LogP contribution is 2.33. The van der Waals surface area contributed by atoms with Gasteiger partial charge in [-0.1, -0.05) is 35.6 Å². The van der Waals surface area contributed by atoms with E-state index in [1.165, 1.54) is 6.92 Å². The van der Waals surface area contributed by atoms with Gasteiger partial charge in [0.05, 0.1) is 24.8 Å². The van der Waals surface area contributed by atoms with Crippen molar-refractivity contribution >= 4 is 40.3 Å². The van der Waals surface area contributed by atoms with Crippen LogP contribution in [0.25, 0.3) is 6.08 Å². The Kier molecular flexibility index (Phi) is 5.89. The van der Waals surface area contributed by atoms with Crippen molar-refractivity contribution in [3.05, 3.63) is 52.2 Å². The molecular formula is C20H21N3O4S. The van der Waals surface area contributed by atoms with E-state index in [4.69, 9.17) is 4.74 Å². The number of carbonyl (C=O) groups excluding carboxylic acids is 3. The number of carbonyl (C=O) groups is 3. The zero-order valence-corrected chi connectivity index (χ0v) is 16.7. The SMILES string of the molecule is CCOC(=O)c1sc(NC(=O)C[C@H]2c3ccccc3C=CN2C(C)=O)nc1C. The van der Waals surface area contributed by atoms with E-state index in [1.54, 1.807) is 24.9 Å². The lowest BCUT2D eigenvalue weighted by Gasteiger charge is -2.32. The van der Waals surface area contributed by atoms with Gasteiger partial charge in [0.15, 0.2) is 5.13 Å². The lowest BCUT2D eigenvalue weighted by atomic mass is 9.93. The molecule has 7 nitrogen and oxygen atoms in total. The molecule has 1 aromatic heterocycles. The molecule has 0 fully saturated rings. The molecule has 8 heteroatoms. The van der Waals surface area contributed by atoms with Crippen molar-refractivity contribution in [1.82, 2.24) is 9.88 Å². The smallest absolute Gasteiger partial charge is 0.350 e. The summed E-state index contributed by atoms with van der Waals surface area (Å²) in [7, 11) is 0. The Morgan fingerprint density at radius 1 is 1.29 bits per heavy atom. The molecule has 146 valence electrons. The van der Waals surface area contributed by atoms with Gasteiger partial charge in [-0.05, 0) is 31.1 Å². The van der Waals surface area contributed by atoms with Crippen molar-refractivity contribution < 1.29 is 19.1 Å². The molecular weight excluding hydrogens is 378 g/mol. The van der Waals surface area contributed by atoms with E-state index in [1.807, 2.05) is 30.3 Å². The third-order valence-corrected chi connectivity index (χ3v) is 5.40. The third-order valence-electron chi connectivity index (χ3n) is 4.35. The predicted octanol–water partition coefficient (Wildman–Crippen LogP) is 3.53. The average molecular weight is 399 g/mol. The Morgan fingerprint density at radius 2 is 2.04 bits per heavy atom. The van der Waals surface area contributed by atoms with Crippen molar-refractivity contribution in [2.24, 2.45) is 0 Å². The van der Waals surface area contributed by atoms with E-state index in [0.29, 0.717) is 15.7 Å². The molecule has 0 bridgehead atoms. The Balaban J connectivity index is 1.77. The number of aromatic nitrogens is 1. The first-order valence-corrected chi connectivity index (χ1v) is 9.72. The van der Waals surface area contributed by atoms with Crippen LogP contribution in [0.15, 0.2) is 30.5 Å². The monoisotopic (exact) mass is 399 g/mol. The highest BCUT2D eigenvalue weighted by Gasteiger charge is 2.28. The van der Waals surface area contributed by atoms with Crippen LogP contribution in [0.2, 0.25) is 0 Å². The van der Waals surface area contributed by atoms with Crippen molar-refractivity contribution in [3.8, 4) is 0 Å². The minimum atomic E-state index is -0.452. The van der Waals surface area contributed by atoms with Crippen LogP contribution in [0.1, 0.15) is 52.8 Å². The fraction of sp³-hybridized carbons (Fsp3) is 0.300. The second kappa shape index (κ2) is 8.35. The minimum Gasteiger partial charge on any atom is -0.462 e. The van der Waals surface area contributed by atoms with Crippen LogP contribution >= 0.6 is 11.3 Å². The molecule has 0 aliphatic carbocycles. The van der Waals surface area contributed by atoms with Gasteiger partial charge in [-0.15, -0.1) is 0 Å². The van der Waals surface area contributed by atoms with Crippen LogP contribution in [0, 0.1) is 6.92 Å².